The zero-order valence-electron chi connectivity index (χ0n) is 5.21. The van der Waals surface area contributed by atoms with Crippen LogP contribution in [-0.4, -0.2) is 17.1 Å². The summed E-state index contributed by atoms with van der Waals surface area (Å²) in [5.41, 5.74) is 4.86. The molecule has 0 bridgehead atoms. The second kappa shape index (κ2) is 2.35. The number of aliphatic hydroxyl groups excluding tert-OH is 1. The van der Waals surface area contributed by atoms with E-state index in [9.17, 15) is 4.79 Å². The number of primary amides is 1. The van der Waals surface area contributed by atoms with Gasteiger partial charge in [0.15, 0.2) is 0 Å². The molecule has 3 nitrogen and oxygen atoms in total. The molecule has 1 amide bonds. The van der Waals surface area contributed by atoms with Gasteiger partial charge in [-0.1, -0.05) is 0 Å². The standard InChI is InChI=1S/C6H11NO2/c7-6(9)3-5(8)4-1-2-4/h4-5,8H,1-3H2,(H2,7,9). The van der Waals surface area contributed by atoms with Crippen LogP contribution in [0.1, 0.15) is 19.3 Å². The normalized spacial score (nSPS) is 21.4. The van der Waals surface area contributed by atoms with E-state index in [4.69, 9.17) is 10.8 Å². The second-order valence-corrected chi connectivity index (χ2v) is 2.58. The van der Waals surface area contributed by atoms with E-state index in [-0.39, 0.29) is 6.42 Å². The van der Waals surface area contributed by atoms with Gasteiger partial charge in [-0.3, -0.25) is 4.79 Å². The minimum absolute atomic E-state index is 0.130. The Balaban J connectivity index is 2.17. The molecule has 3 heteroatoms. The SMILES string of the molecule is NC(=O)CC(O)C1CC1. The summed E-state index contributed by atoms with van der Waals surface area (Å²) in [6, 6.07) is 0. The lowest BCUT2D eigenvalue weighted by atomic mass is 10.1. The van der Waals surface area contributed by atoms with Gasteiger partial charge in [0.25, 0.3) is 0 Å². The maximum atomic E-state index is 10.2. The molecular formula is C6H11NO2. The highest BCUT2D eigenvalue weighted by molar-refractivity contribution is 5.74. The zero-order chi connectivity index (χ0) is 6.85. The third-order valence-corrected chi connectivity index (χ3v) is 1.58. The van der Waals surface area contributed by atoms with Crippen LogP contribution in [0.3, 0.4) is 0 Å². The molecule has 1 unspecified atom stereocenters. The van der Waals surface area contributed by atoms with Crippen molar-refractivity contribution in [3.05, 3.63) is 0 Å². The van der Waals surface area contributed by atoms with E-state index in [0.29, 0.717) is 5.92 Å². The summed E-state index contributed by atoms with van der Waals surface area (Å²) >= 11 is 0. The molecule has 0 aliphatic heterocycles. The van der Waals surface area contributed by atoms with Gasteiger partial charge in [0.05, 0.1) is 12.5 Å². The van der Waals surface area contributed by atoms with Crippen LogP contribution < -0.4 is 5.73 Å². The average Bonchev–Trinajstić information content (AvgIpc) is 2.40. The molecule has 1 atom stereocenters. The summed E-state index contributed by atoms with van der Waals surface area (Å²) in [6.07, 6.45) is 1.76. The molecule has 0 aromatic rings. The summed E-state index contributed by atoms with van der Waals surface area (Å²) in [5, 5.41) is 9.06. The molecule has 0 aromatic carbocycles. The fraction of sp³-hybridized carbons (Fsp3) is 0.833. The van der Waals surface area contributed by atoms with Crippen molar-refractivity contribution < 1.29 is 9.90 Å². The van der Waals surface area contributed by atoms with Crippen molar-refractivity contribution in [2.24, 2.45) is 11.7 Å². The molecule has 0 radical (unpaired) electrons. The van der Waals surface area contributed by atoms with E-state index in [1.807, 2.05) is 0 Å². The molecule has 9 heavy (non-hydrogen) atoms. The number of amides is 1. The molecule has 52 valence electrons. The minimum Gasteiger partial charge on any atom is -0.392 e. The Bertz CT molecular complexity index is 120. The quantitative estimate of drug-likeness (QED) is 0.546. The van der Waals surface area contributed by atoms with Crippen molar-refractivity contribution in [3.8, 4) is 0 Å². The Labute approximate surface area is 53.9 Å². The zero-order valence-corrected chi connectivity index (χ0v) is 5.21. The van der Waals surface area contributed by atoms with E-state index in [1.165, 1.54) is 0 Å². The fourth-order valence-electron chi connectivity index (χ4n) is 0.854. The van der Waals surface area contributed by atoms with Crippen LogP contribution in [0.15, 0.2) is 0 Å². The molecule has 0 spiro atoms. The summed E-state index contributed by atoms with van der Waals surface area (Å²) < 4.78 is 0. The number of rotatable bonds is 3. The number of hydrogen-bond acceptors (Lipinski definition) is 2. The van der Waals surface area contributed by atoms with Crippen molar-refractivity contribution in [1.29, 1.82) is 0 Å². The van der Waals surface area contributed by atoms with E-state index in [2.05, 4.69) is 0 Å². The van der Waals surface area contributed by atoms with Gasteiger partial charge in [-0.25, -0.2) is 0 Å². The van der Waals surface area contributed by atoms with Gasteiger partial charge in [0.1, 0.15) is 0 Å². The highest BCUT2D eigenvalue weighted by Gasteiger charge is 2.30. The van der Waals surface area contributed by atoms with E-state index >= 15 is 0 Å². The van der Waals surface area contributed by atoms with Gasteiger partial charge in [-0.15, -0.1) is 0 Å². The van der Waals surface area contributed by atoms with Crippen molar-refractivity contribution in [3.63, 3.8) is 0 Å². The lowest BCUT2D eigenvalue weighted by Crippen LogP contribution is -2.21. The Morgan fingerprint density at radius 1 is 1.78 bits per heavy atom. The maximum absolute atomic E-state index is 10.2. The van der Waals surface area contributed by atoms with Gasteiger partial charge in [0, 0.05) is 0 Å². The molecule has 0 heterocycles. The third-order valence-electron chi connectivity index (χ3n) is 1.58. The van der Waals surface area contributed by atoms with Crippen LogP contribution >= 0.6 is 0 Å². The van der Waals surface area contributed by atoms with Crippen molar-refractivity contribution in [2.45, 2.75) is 25.4 Å². The highest BCUT2D eigenvalue weighted by atomic mass is 16.3. The molecule has 1 saturated carbocycles. The average molecular weight is 129 g/mol. The Hall–Kier alpha value is -0.570. The first-order valence-electron chi connectivity index (χ1n) is 3.16. The Morgan fingerprint density at radius 2 is 2.33 bits per heavy atom. The van der Waals surface area contributed by atoms with Crippen LogP contribution in [0.25, 0.3) is 0 Å². The van der Waals surface area contributed by atoms with Gasteiger partial charge >= 0.3 is 0 Å². The van der Waals surface area contributed by atoms with E-state index in [0.717, 1.165) is 12.8 Å². The first-order valence-corrected chi connectivity index (χ1v) is 3.16. The molecule has 1 aliphatic rings. The predicted octanol–water partition coefficient (Wildman–Crippen LogP) is -0.367. The molecule has 1 fully saturated rings. The minimum atomic E-state index is -0.470. The third kappa shape index (κ3) is 2.01. The van der Waals surface area contributed by atoms with Gasteiger partial charge in [-0.2, -0.15) is 0 Å². The smallest absolute Gasteiger partial charge is 0.220 e. The summed E-state index contributed by atoms with van der Waals surface area (Å²) in [7, 11) is 0. The Morgan fingerprint density at radius 3 is 2.67 bits per heavy atom. The lowest BCUT2D eigenvalue weighted by Gasteiger charge is -2.03. The molecule has 0 saturated heterocycles. The monoisotopic (exact) mass is 129 g/mol. The molecule has 1 aliphatic carbocycles. The van der Waals surface area contributed by atoms with E-state index < -0.39 is 12.0 Å². The highest BCUT2D eigenvalue weighted by Crippen LogP contribution is 2.33. The largest absolute Gasteiger partial charge is 0.392 e. The van der Waals surface area contributed by atoms with Crippen LogP contribution in [0.2, 0.25) is 0 Å². The summed E-state index contributed by atoms with van der Waals surface area (Å²) in [5.74, 6) is -0.0492. The number of carbonyl (C=O) groups is 1. The predicted molar refractivity (Wildman–Crippen MR) is 32.5 cm³/mol. The van der Waals surface area contributed by atoms with Crippen LogP contribution in [-0.2, 0) is 4.79 Å². The molecular weight excluding hydrogens is 118 g/mol. The van der Waals surface area contributed by atoms with Crippen LogP contribution in [0.4, 0.5) is 0 Å². The second-order valence-electron chi connectivity index (χ2n) is 2.58. The van der Waals surface area contributed by atoms with Crippen molar-refractivity contribution >= 4 is 5.91 Å². The number of carbonyl (C=O) groups excluding carboxylic acids is 1. The number of hydrogen-bond donors (Lipinski definition) is 2. The topological polar surface area (TPSA) is 63.3 Å². The first-order chi connectivity index (χ1) is 4.20. The van der Waals surface area contributed by atoms with Gasteiger partial charge in [-0.05, 0) is 18.8 Å². The van der Waals surface area contributed by atoms with Crippen LogP contribution in [0.5, 0.6) is 0 Å². The van der Waals surface area contributed by atoms with Gasteiger partial charge in [0.2, 0.25) is 5.91 Å². The van der Waals surface area contributed by atoms with Crippen LogP contribution in [0, 0.1) is 5.92 Å². The Kier molecular flexibility index (Phi) is 1.71. The van der Waals surface area contributed by atoms with E-state index in [1.54, 1.807) is 0 Å². The summed E-state index contributed by atoms with van der Waals surface area (Å²) in [6.45, 7) is 0. The fourth-order valence-corrected chi connectivity index (χ4v) is 0.854. The van der Waals surface area contributed by atoms with Crippen molar-refractivity contribution in [2.75, 3.05) is 0 Å². The molecule has 3 N–H and O–H groups in total. The first kappa shape index (κ1) is 6.55. The summed E-state index contributed by atoms with van der Waals surface area (Å²) in [4.78, 5) is 10.2. The molecule has 1 rings (SSSR count). The number of aliphatic hydroxyl groups is 1. The number of nitrogens with two attached hydrogens (primary N) is 1. The maximum Gasteiger partial charge on any atom is 0.220 e. The lowest BCUT2D eigenvalue weighted by molar-refractivity contribution is -0.120. The van der Waals surface area contributed by atoms with Gasteiger partial charge < -0.3 is 10.8 Å². The van der Waals surface area contributed by atoms with Crippen molar-refractivity contribution in [1.82, 2.24) is 0 Å². The molecule has 0 aromatic heterocycles.